The van der Waals surface area contributed by atoms with E-state index in [9.17, 15) is 4.79 Å². The van der Waals surface area contributed by atoms with Crippen LogP contribution in [0.1, 0.15) is 41.9 Å². The molecule has 88 valence electrons. The molecule has 1 saturated carbocycles. The van der Waals surface area contributed by atoms with Crippen molar-refractivity contribution in [3.63, 3.8) is 0 Å². The van der Waals surface area contributed by atoms with E-state index >= 15 is 0 Å². The third-order valence-corrected chi connectivity index (χ3v) is 2.69. The van der Waals surface area contributed by atoms with Gasteiger partial charge in [-0.05, 0) is 12.8 Å². The van der Waals surface area contributed by atoms with Gasteiger partial charge < -0.3 is 9.26 Å². The molecule has 1 aromatic rings. The maximum absolute atomic E-state index is 11.1. The Bertz CT molecular complexity index is 358. The Hall–Kier alpha value is -1.40. The maximum atomic E-state index is 11.1. The molecule has 1 aliphatic rings. The number of carbonyl (C=O) groups is 1. The lowest BCUT2D eigenvalue weighted by molar-refractivity contribution is 0.0330. The second-order valence-corrected chi connectivity index (χ2v) is 3.87. The van der Waals surface area contributed by atoms with E-state index in [4.69, 9.17) is 15.1 Å². The Kier molecular flexibility index (Phi) is 3.53. The molecule has 0 bridgehead atoms. The Morgan fingerprint density at radius 3 is 3.06 bits per heavy atom. The summed E-state index contributed by atoms with van der Waals surface area (Å²) in [7, 11) is 0. The van der Waals surface area contributed by atoms with E-state index in [0.29, 0.717) is 18.5 Å². The SMILES string of the molecule is NNC(=O)c1cc(COC2CCCC2)on1. The zero-order valence-electron chi connectivity index (χ0n) is 8.94. The molecule has 0 atom stereocenters. The van der Waals surface area contributed by atoms with Crippen molar-refractivity contribution in [3.05, 3.63) is 17.5 Å². The average molecular weight is 225 g/mol. The van der Waals surface area contributed by atoms with Crippen molar-refractivity contribution in [2.75, 3.05) is 0 Å². The summed E-state index contributed by atoms with van der Waals surface area (Å²) in [4.78, 5) is 11.1. The Morgan fingerprint density at radius 1 is 1.62 bits per heavy atom. The topological polar surface area (TPSA) is 90.4 Å². The van der Waals surface area contributed by atoms with Crippen molar-refractivity contribution in [2.45, 2.75) is 38.4 Å². The van der Waals surface area contributed by atoms with Crippen molar-refractivity contribution in [1.29, 1.82) is 0 Å². The minimum Gasteiger partial charge on any atom is -0.370 e. The molecule has 0 saturated heterocycles. The van der Waals surface area contributed by atoms with Crippen LogP contribution in [0, 0.1) is 0 Å². The monoisotopic (exact) mass is 225 g/mol. The smallest absolute Gasteiger partial charge is 0.287 e. The highest BCUT2D eigenvalue weighted by atomic mass is 16.5. The molecule has 1 aromatic heterocycles. The molecule has 0 aliphatic heterocycles. The summed E-state index contributed by atoms with van der Waals surface area (Å²) in [5, 5.41) is 3.59. The first-order valence-electron chi connectivity index (χ1n) is 5.37. The van der Waals surface area contributed by atoms with Gasteiger partial charge in [-0.3, -0.25) is 10.2 Å². The van der Waals surface area contributed by atoms with Gasteiger partial charge in [0, 0.05) is 6.07 Å². The molecule has 1 fully saturated rings. The lowest BCUT2D eigenvalue weighted by Gasteiger charge is -2.08. The van der Waals surface area contributed by atoms with Gasteiger partial charge >= 0.3 is 0 Å². The van der Waals surface area contributed by atoms with E-state index in [1.54, 1.807) is 0 Å². The van der Waals surface area contributed by atoms with E-state index in [-0.39, 0.29) is 5.69 Å². The summed E-state index contributed by atoms with van der Waals surface area (Å²) in [6.07, 6.45) is 4.97. The highest BCUT2D eigenvalue weighted by Crippen LogP contribution is 2.22. The van der Waals surface area contributed by atoms with Gasteiger partial charge in [-0.25, -0.2) is 5.84 Å². The van der Waals surface area contributed by atoms with Gasteiger partial charge in [0.05, 0.1) is 6.10 Å². The fourth-order valence-electron chi connectivity index (χ4n) is 1.82. The first-order valence-corrected chi connectivity index (χ1v) is 5.37. The van der Waals surface area contributed by atoms with Gasteiger partial charge in [0.15, 0.2) is 11.5 Å². The molecule has 16 heavy (non-hydrogen) atoms. The van der Waals surface area contributed by atoms with Crippen LogP contribution in [0.3, 0.4) is 0 Å². The number of nitrogen functional groups attached to an aromatic ring is 1. The lowest BCUT2D eigenvalue weighted by atomic mass is 10.3. The summed E-state index contributed by atoms with van der Waals surface area (Å²) in [5.41, 5.74) is 2.16. The number of rotatable bonds is 4. The van der Waals surface area contributed by atoms with E-state index in [2.05, 4.69) is 5.16 Å². The molecule has 1 heterocycles. The van der Waals surface area contributed by atoms with Crippen LogP contribution in [0.5, 0.6) is 0 Å². The number of amides is 1. The van der Waals surface area contributed by atoms with Crippen LogP contribution < -0.4 is 11.3 Å². The summed E-state index contributed by atoms with van der Waals surface area (Å²) < 4.78 is 10.6. The number of hydrogen-bond acceptors (Lipinski definition) is 5. The van der Waals surface area contributed by atoms with Gasteiger partial charge in [-0.1, -0.05) is 18.0 Å². The number of ether oxygens (including phenoxy) is 1. The molecule has 1 aliphatic carbocycles. The second kappa shape index (κ2) is 5.09. The highest BCUT2D eigenvalue weighted by Gasteiger charge is 2.17. The van der Waals surface area contributed by atoms with Crippen molar-refractivity contribution >= 4 is 5.91 Å². The van der Waals surface area contributed by atoms with Gasteiger partial charge in [-0.15, -0.1) is 0 Å². The number of carbonyl (C=O) groups excluding carboxylic acids is 1. The predicted molar refractivity (Wildman–Crippen MR) is 55.2 cm³/mol. The van der Waals surface area contributed by atoms with Gasteiger partial charge in [0.1, 0.15) is 6.61 Å². The molecule has 0 unspecified atom stereocenters. The zero-order valence-corrected chi connectivity index (χ0v) is 8.94. The number of nitrogens with two attached hydrogens (primary N) is 1. The number of aromatic nitrogens is 1. The minimum absolute atomic E-state index is 0.174. The molecule has 0 spiro atoms. The molecule has 6 nitrogen and oxygen atoms in total. The van der Waals surface area contributed by atoms with Crippen LogP contribution in [0.25, 0.3) is 0 Å². The normalized spacial score (nSPS) is 16.6. The average Bonchev–Trinajstić information content (AvgIpc) is 2.96. The van der Waals surface area contributed by atoms with E-state index in [0.717, 1.165) is 12.8 Å². The van der Waals surface area contributed by atoms with Crippen molar-refractivity contribution < 1.29 is 14.1 Å². The van der Waals surface area contributed by atoms with Crippen LogP contribution in [-0.2, 0) is 11.3 Å². The lowest BCUT2D eigenvalue weighted by Crippen LogP contribution is -2.30. The minimum atomic E-state index is -0.462. The summed E-state index contributed by atoms with van der Waals surface area (Å²) in [6, 6.07) is 1.54. The largest absolute Gasteiger partial charge is 0.370 e. The fraction of sp³-hybridized carbons (Fsp3) is 0.600. The van der Waals surface area contributed by atoms with Gasteiger partial charge in [0.2, 0.25) is 0 Å². The van der Waals surface area contributed by atoms with Crippen LogP contribution in [0.15, 0.2) is 10.6 Å². The first-order chi connectivity index (χ1) is 7.79. The molecule has 0 aromatic carbocycles. The maximum Gasteiger partial charge on any atom is 0.287 e. The molecule has 0 radical (unpaired) electrons. The quantitative estimate of drug-likeness (QED) is 0.448. The zero-order chi connectivity index (χ0) is 11.4. The Labute approximate surface area is 93.1 Å². The van der Waals surface area contributed by atoms with Crippen LogP contribution in [-0.4, -0.2) is 17.2 Å². The van der Waals surface area contributed by atoms with E-state index < -0.39 is 5.91 Å². The van der Waals surface area contributed by atoms with E-state index in [1.807, 2.05) is 5.43 Å². The summed E-state index contributed by atoms with van der Waals surface area (Å²) >= 11 is 0. The predicted octanol–water partition coefficient (Wildman–Crippen LogP) is 0.737. The van der Waals surface area contributed by atoms with Crippen molar-refractivity contribution in [2.24, 2.45) is 5.84 Å². The molecular weight excluding hydrogens is 210 g/mol. The fourth-order valence-corrected chi connectivity index (χ4v) is 1.82. The second-order valence-electron chi connectivity index (χ2n) is 3.87. The third-order valence-electron chi connectivity index (χ3n) is 2.69. The van der Waals surface area contributed by atoms with E-state index in [1.165, 1.54) is 18.9 Å². The molecular formula is C10H15N3O3. The molecule has 3 N–H and O–H groups in total. The number of hydrazine groups is 1. The number of hydrogen-bond donors (Lipinski definition) is 2. The van der Waals surface area contributed by atoms with Gasteiger partial charge in [0.25, 0.3) is 5.91 Å². The van der Waals surface area contributed by atoms with Gasteiger partial charge in [-0.2, -0.15) is 0 Å². The number of nitrogens with one attached hydrogen (secondary N) is 1. The molecule has 1 amide bonds. The van der Waals surface area contributed by atoms with Crippen molar-refractivity contribution in [1.82, 2.24) is 10.6 Å². The van der Waals surface area contributed by atoms with Crippen LogP contribution >= 0.6 is 0 Å². The Morgan fingerprint density at radius 2 is 2.38 bits per heavy atom. The standard InChI is InChI=1S/C10H15N3O3/c11-12-10(14)9-5-8(16-13-9)6-15-7-3-1-2-4-7/h5,7H,1-4,6,11H2,(H,12,14). The number of nitrogens with zero attached hydrogens (tertiary/aromatic N) is 1. The molecule has 6 heteroatoms. The highest BCUT2D eigenvalue weighted by molar-refractivity contribution is 5.91. The van der Waals surface area contributed by atoms with Crippen LogP contribution in [0.2, 0.25) is 0 Å². The third kappa shape index (κ3) is 2.59. The van der Waals surface area contributed by atoms with Crippen LogP contribution in [0.4, 0.5) is 0 Å². The summed E-state index contributed by atoms with van der Waals surface area (Å²) in [5.74, 6) is 5.06. The first kappa shape index (κ1) is 11.1. The Balaban J connectivity index is 1.85. The molecule has 2 rings (SSSR count). The van der Waals surface area contributed by atoms with Crippen molar-refractivity contribution in [3.8, 4) is 0 Å². The summed E-state index contributed by atoms with van der Waals surface area (Å²) in [6.45, 7) is 0.357.